The number of carbonyl (C=O) groups is 1. The fourth-order valence-electron chi connectivity index (χ4n) is 2.23. The van der Waals surface area contributed by atoms with E-state index in [9.17, 15) is 18.0 Å². The van der Waals surface area contributed by atoms with Crippen LogP contribution in [0.25, 0.3) is 0 Å². The van der Waals surface area contributed by atoms with Crippen LogP contribution < -0.4 is 15.4 Å². The van der Waals surface area contributed by atoms with Crippen molar-refractivity contribution in [3.8, 4) is 5.75 Å². The zero-order chi connectivity index (χ0) is 19.3. The minimum Gasteiger partial charge on any atom is -0.494 e. The molecule has 0 saturated carbocycles. The highest BCUT2D eigenvalue weighted by atomic mass is 35.5. The SMILES string of the molecule is CCOc1ccc(NC(C)C(=O)Nc2ccc(Cl)cc2C(F)(F)F)cc1. The van der Waals surface area contributed by atoms with Gasteiger partial charge in [-0.1, -0.05) is 11.6 Å². The van der Waals surface area contributed by atoms with Gasteiger partial charge >= 0.3 is 6.18 Å². The van der Waals surface area contributed by atoms with Gasteiger partial charge in [0.1, 0.15) is 11.8 Å². The first-order valence-corrected chi connectivity index (χ1v) is 8.25. The summed E-state index contributed by atoms with van der Waals surface area (Å²) in [6, 6.07) is 9.35. The Morgan fingerprint density at radius 1 is 1.19 bits per heavy atom. The minimum atomic E-state index is -4.63. The standard InChI is InChI=1S/C18H18ClF3N2O2/c1-3-26-14-7-5-13(6-8-14)23-11(2)17(25)24-16-9-4-12(19)10-15(16)18(20,21)22/h4-11,23H,3H2,1-2H3,(H,24,25). The van der Waals surface area contributed by atoms with Crippen molar-refractivity contribution in [3.63, 3.8) is 0 Å². The van der Waals surface area contributed by atoms with E-state index in [1.54, 1.807) is 31.2 Å². The van der Waals surface area contributed by atoms with Gasteiger partial charge in [-0.05, 0) is 56.3 Å². The molecular formula is C18H18ClF3N2O2. The lowest BCUT2D eigenvalue weighted by atomic mass is 10.1. The first kappa shape index (κ1) is 19.9. The molecule has 0 spiro atoms. The number of benzene rings is 2. The molecule has 0 aliphatic rings. The number of carbonyl (C=O) groups excluding carboxylic acids is 1. The number of amides is 1. The van der Waals surface area contributed by atoms with Gasteiger partial charge in [0, 0.05) is 10.7 Å². The Morgan fingerprint density at radius 2 is 1.85 bits per heavy atom. The van der Waals surface area contributed by atoms with Crippen LogP contribution >= 0.6 is 11.6 Å². The molecule has 2 aromatic rings. The average Bonchev–Trinajstić information content (AvgIpc) is 2.57. The molecule has 0 radical (unpaired) electrons. The second kappa shape index (κ2) is 8.31. The van der Waals surface area contributed by atoms with Gasteiger partial charge in [0.25, 0.3) is 0 Å². The van der Waals surface area contributed by atoms with Crippen LogP contribution in [0, 0.1) is 0 Å². The van der Waals surface area contributed by atoms with Crippen LogP contribution in [0.2, 0.25) is 5.02 Å². The highest BCUT2D eigenvalue weighted by Crippen LogP contribution is 2.36. The van der Waals surface area contributed by atoms with E-state index in [4.69, 9.17) is 16.3 Å². The van der Waals surface area contributed by atoms with E-state index in [-0.39, 0.29) is 10.7 Å². The first-order chi connectivity index (χ1) is 12.2. The molecule has 2 rings (SSSR count). The van der Waals surface area contributed by atoms with E-state index in [1.165, 1.54) is 6.07 Å². The number of alkyl halides is 3. The summed E-state index contributed by atoms with van der Waals surface area (Å²) < 4.78 is 44.6. The molecule has 1 unspecified atom stereocenters. The van der Waals surface area contributed by atoms with Crippen molar-refractivity contribution >= 4 is 28.9 Å². The van der Waals surface area contributed by atoms with Crippen LogP contribution in [0.15, 0.2) is 42.5 Å². The molecule has 2 aromatic carbocycles. The van der Waals surface area contributed by atoms with Crippen molar-refractivity contribution in [2.45, 2.75) is 26.1 Å². The molecule has 0 aliphatic carbocycles. The molecule has 1 amide bonds. The quantitative estimate of drug-likeness (QED) is 0.717. The molecule has 0 aliphatic heterocycles. The summed E-state index contributed by atoms with van der Waals surface area (Å²) in [4.78, 5) is 12.3. The van der Waals surface area contributed by atoms with Crippen LogP contribution in [0.1, 0.15) is 19.4 Å². The summed E-state index contributed by atoms with van der Waals surface area (Å²) in [5.41, 5.74) is -0.692. The molecule has 0 saturated heterocycles. The van der Waals surface area contributed by atoms with Gasteiger partial charge in [-0.15, -0.1) is 0 Å². The van der Waals surface area contributed by atoms with Crippen molar-refractivity contribution in [3.05, 3.63) is 53.1 Å². The number of nitrogens with one attached hydrogen (secondary N) is 2. The van der Waals surface area contributed by atoms with Gasteiger partial charge < -0.3 is 15.4 Å². The van der Waals surface area contributed by atoms with Gasteiger partial charge in [-0.2, -0.15) is 13.2 Å². The largest absolute Gasteiger partial charge is 0.494 e. The lowest BCUT2D eigenvalue weighted by molar-refractivity contribution is -0.137. The van der Waals surface area contributed by atoms with E-state index in [2.05, 4.69) is 10.6 Å². The number of rotatable bonds is 6. The summed E-state index contributed by atoms with van der Waals surface area (Å²) in [7, 11) is 0. The third-order valence-corrected chi connectivity index (χ3v) is 3.72. The smallest absolute Gasteiger partial charge is 0.418 e. The normalized spacial score (nSPS) is 12.4. The van der Waals surface area contributed by atoms with Crippen LogP contribution in [0.4, 0.5) is 24.5 Å². The summed E-state index contributed by atoms with van der Waals surface area (Å²) in [6.45, 7) is 3.95. The summed E-state index contributed by atoms with van der Waals surface area (Å²) in [5, 5.41) is 5.16. The predicted molar refractivity (Wildman–Crippen MR) is 95.8 cm³/mol. The molecule has 8 heteroatoms. The maximum Gasteiger partial charge on any atom is 0.418 e. The zero-order valence-electron chi connectivity index (χ0n) is 14.2. The highest BCUT2D eigenvalue weighted by molar-refractivity contribution is 6.30. The van der Waals surface area contributed by atoms with E-state index in [0.717, 1.165) is 12.1 Å². The van der Waals surface area contributed by atoms with Crippen molar-refractivity contribution in [2.75, 3.05) is 17.2 Å². The molecule has 140 valence electrons. The topological polar surface area (TPSA) is 50.4 Å². The number of anilines is 2. The number of halogens is 4. The molecule has 26 heavy (non-hydrogen) atoms. The Kier molecular flexibility index (Phi) is 6.37. The average molecular weight is 387 g/mol. The molecule has 0 fully saturated rings. The van der Waals surface area contributed by atoms with E-state index < -0.39 is 23.7 Å². The minimum absolute atomic E-state index is 0.0594. The molecule has 0 aromatic heterocycles. The maximum absolute atomic E-state index is 13.1. The Hall–Kier alpha value is -2.41. The van der Waals surface area contributed by atoms with E-state index in [0.29, 0.717) is 18.0 Å². The van der Waals surface area contributed by atoms with Crippen LogP contribution in [-0.4, -0.2) is 18.6 Å². The van der Waals surface area contributed by atoms with E-state index in [1.807, 2.05) is 6.92 Å². The van der Waals surface area contributed by atoms with Gasteiger partial charge in [-0.3, -0.25) is 4.79 Å². The van der Waals surface area contributed by atoms with Crippen LogP contribution in [-0.2, 0) is 11.0 Å². The second-order valence-electron chi connectivity index (χ2n) is 5.50. The van der Waals surface area contributed by atoms with Gasteiger partial charge in [0.15, 0.2) is 0 Å². The van der Waals surface area contributed by atoms with Crippen molar-refractivity contribution in [2.24, 2.45) is 0 Å². The third kappa shape index (κ3) is 5.29. The second-order valence-corrected chi connectivity index (χ2v) is 5.94. The molecule has 0 heterocycles. The molecule has 2 N–H and O–H groups in total. The molecule has 0 bridgehead atoms. The van der Waals surface area contributed by atoms with Crippen molar-refractivity contribution < 1.29 is 22.7 Å². The molecule has 1 atom stereocenters. The number of hydrogen-bond donors (Lipinski definition) is 2. The lowest BCUT2D eigenvalue weighted by Gasteiger charge is -2.18. The van der Waals surface area contributed by atoms with Crippen LogP contribution in [0.3, 0.4) is 0 Å². The van der Waals surface area contributed by atoms with Gasteiger partial charge in [0.05, 0.1) is 17.9 Å². The summed E-state index contributed by atoms with van der Waals surface area (Å²) in [6.07, 6.45) is -4.63. The fraction of sp³-hybridized carbons (Fsp3) is 0.278. The van der Waals surface area contributed by atoms with Crippen molar-refractivity contribution in [1.29, 1.82) is 0 Å². The Morgan fingerprint density at radius 3 is 2.42 bits per heavy atom. The Labute approximate surface area is 154 Å². The monoisotopic (exact) mass is 386 g/mol. The fourth-order valence-corrected chi connectivity index (χ4v) is 2.40. The van der Waals surface area contributed by atoms with Crippen molar-refractivity contribution in [1.82, 2.24) is 0 Å². The highest BCUT2D eigenvalue weighted by Gasteiger charge is 2.34. The third-order valence-electron chi connectivity index (χ3n) is 3.49. The number of ether oxygens (including phenoxy) is 1. The Bertz CT molecular complexity index is 764. The first-order valence-electron chi connectivity index (χ1n) is 7.87. The Balaban J connectivity index is 2.07. The molecular weight excluding hydrogens is 369 g/mol. The van der Waals surface area contributed by atoms with Gasteiger partial charge in [-0.25, -0.2) is 0 Å². The molecule has 4 nitrogen and oxygen atoms in total. The zero-order valence-corrected chi connectivity index (χ0v) is 14.9. The summed E-state index contributed by atoms with van der Waals surface area (Å²) in [5.74, 6) is 0.0813. The maximum atomic E-state index is 13.1. The lowest BCUT2D eigenvalue weighted by Crippen LogP contribution is -2.32. The number of hydrogen-bond acceptors (Lipinski definition) is 3. The van der Waals surface area contributed by atoms with E-state index >= 15 is 0 Å². The summed E-state index contributed by atoms with van der Waals surface area (Å²) >= 11 is 5.63. The predicted octanol–water partition coefficient (Wildman–Crippen LogP) is 5.20. The van der Waals surface area contributed by atoms with Gasteiger partial charge in [0.2, 0.25) is 5.91 Å². The van der Waals surface area contributed by atoms with Crippen LogP contribution in [0.5, 0.6) is 5.75 Å².